The first-order valence-electron chi connectivity index (χ1n) is 12.5. The quantitative estimate of drug-likeness (QED) is 0.296. The van der Waals surface area contributed by atoms with E-state index >= 15 is 0 Å². The van der Waals surface area contributed by atoms with Gasteiger partial charge in [0, 0.05) is 11.3 Å². The molecule has 1 saturated heterocycles. The van der Waals surface area contributed by atoms with Crippen LogP contribution in [0.25, 0.3) is 11.3 Å². The Bertz CT molecular complexity index is 1470. The molecule has 1 aliphatic rings. The zero-order chi connectivity index (χ0) is 31.4. The van der Waals surface area contributed by atoms with Gasteiger partial charge in [-0.05, 0) is 66.4 Å². The van der Waals surface area contributed by atoms with Gasteiger partial charge in [0.15, 0.2) is 0 Å². The lowest BCUT2D eigenvalue weighted by molar-refractivity contribution is -0.143. The molecule has 0 aliphatic carbocycles. The zero-order valence-electron chi connectivity index (χ0n) is 22.2. The second-order valence-electron chi connectivity index (χ2n) is 10.2. The molecule has 14 heteroatoms. The molecule has 3 aromatic rings. The van der Waals surface area contributed by atoms with Gasteiger partial charge < -0.3 is 10.5 Å². The van der Waals surface area contributed by atoms with Gasteiger partial charge in [0.1, 0.15) is 6.10 Å². The molecule has 2 aromatic carbocycles. The summed E-state index contributed by atoms with van der Waals surface area (Å²) in [5, 5.41) is 0. The minimum absolute atomic E-state index is 0.0553. The van der Waals surface area contributed by atoms with E-state index in [9.17, 15) is 44.3 Å². The molecule has 2 atom stereocenters. The lowest BCUT2D eigenvalue weighted by atomic mass is 9.96. The number of anilines is 1. The third-order valence-electron chi connectivity index (χ3n) is 6.90. The van der Waals surface area contributed by atoms with Crippen molar-refractivity contribution in [1.29, 1.82) is 0 Å². The first-order chi connectivity index (χ1) is 19.3. The molecule has 0 spiro atoms. The van der Waals surface area contributed by atoms with Crippen molar-refractivity contribution >= 4 is 11.8 Å². The molecule has 0 unspecified atom stereocenters. The highest BCUT2D eigenvalue weighted by molar-refractivity contribution is 5.77. The number of nitrogens with zero attached hydrogens (tertiary/aromatic N) is 2. The number of hydrogen-bond acceptors (Lipinski definition) is 4. The number of nitrogens with two attached hydrogens (primary N) is 1. The Morgan fingerprint density at radius 2 is 1.43 bits per heavy atom. The van der Waals surface area contributed by atoms with Crippen LogP contribution < -0.4 is 5.73 Å². The third-order valence-corrected chi connectivity index (χ3v) is 6.90. The van der Waals surface area contributed by atoms with E-state index in [4.69, 9.17) is 10.5 Å². The van der Waals surface area contributed by atoms with Crippen LogP contribution in [0.1, 0.15) is 66.3 Å². The Kier molecular flexibility index (Phi) is 7.89. The van der Waals surface area contributed by atoms with Crippen LogP contribution >= 0.6 is 0 Å². The van der Waals surface area contributed by atoms with E-state index in [2.05, 4.69) is 4.98 Å². The summed E-state index contributed by atoms with van der Waals surface area (Å²) in [6.07, 6.45) is -17.8. The van der Waals surface area contributed by atoms with Crippen molar-refractivity contribution in [3.63, 3.8) is 0 Å². The lowest BCUT2D eigenvalue weighted by Gasteiger charge is -2.24. The molecular weight excluding hydrogens is 581 g/mol. The summed E-state index contributed by atoms with van der Waals surface area (Å²) in [6, 6.07) is 5.62. The van der Waals surface area contributed by atoms with Gasteiger partial charge >= 0.3 is 24.6 Å². The van der Waals surface area contributed by atoms with E-state index in [0.717, 1.165) is 23.1 Å². The van der Waals surface area contributed by atoms with Gasteiger partial charge in [0.25, 0.3) is 0 Å². The van der Waals surface area contributed by atoms with E-state index in [0.29, 0.717) is 17.8 Å². The molecular formula is C28H24F9N3O2. The first-order valence-corrected chi connectivity index (χ1v) is 12.5. The van der Waals surface area contributed by atoms with Gasteiger partial charge in [-0.25, -0.2) is 4.79 Å². The monoisotopic (exact) mass is 605 g/mol. The Morgan fingerprint density at radius 1 is 0.857 bits per heavy atom. The third kappa shape index (κ3) is 6.26. The Balaban J connectivity index is 1.78. The van der Waals surface area contributed by atoms with E-state index in [1.807, 2.05) is 13.8 Å². The largest absolute Gasteiger partial charge is 0.439 e. The fourth-order valence-electron chi connectivity index (χ4n) is 4.64. The number of carbonyl (C=O) groups is 1. The number of carbonyl (C=O) groups excluding carboxylic acids is 1. The number of nitrogen functional groups attached to an aromatic ring is 1. The van der Waals surface area contributed by atoms with Crippen molar-refractivity contribution in [3.05, 3.63) is 82.0 Å². The highest BCUT2D eigenvalue weighted by Crippen LogP contribution is 2.42. The molecule has 2 heterocycles. The number of amides is 1. The van der Waals surface area contributed by atoms with Gasteiger partial charge in [-0.15, -0.1) is 0 Å². The predicted molar refractivity (Wildman–Crippen MR) is 134 cm³/mol. The Labute approximate surface area is 234 Å². The molecule has 2 N–H and O–H groups in total. The second kappa shape index (κ2) is 10.7. The van der Waals surface area contributed by atoms with E-state index in [-0.39, 0.29) is 34.5 Å². The number of cyclic esters (lactones) is 1. The number of benzene rings is 2. The molecule has 1 fully saturated rings. The van der Waals surface area contributed by atoms with Crippen LogP contribution in [0.5, 0.6) is 0 Å². The number of aromatic nitrogens is 1. The van der Waals surface area contributed by atoms with Gasteiger partial charge in [0.05, 0.1) is 40.7 Å². The van der Waals surface area contributed by atoms with Crippen molar-refractivity contribution in [1.82, 2.24) is 9.88 Å². The van der Waals surface area contributed by atoms with Crippen LogP contribution in [0, 0.1) is 0 Å². The maximum absolute atomic E-state index is 13.6. The molecule has 226 valence electrons. The van der Waals surface area contributed by atoms with Crippen molar-refractivity contribution in [2.24, 2.45) is 0 Å². The lowest BCUT2D eigenvalue weighted by Crippen LogP contribution is -2.32. The SMILES string of the molecule is CC(C)c1ccc(N)c(-c2ccc(C(F)(F)F)cc2CN2C(=O)O[C@H](c3cc(C(F)(F)F)cc(C(F)(F)F)c3)[C@@H]2C)n1. The number of rotatable bonds is 5. The van der Waals surface area contributed by atoms with Crippen LogP contribution in [0.15, 0.2) is 48.5 Å². The summed E-state index contributed by atoms with van der Waals surface area (Å²) in [7, 11) is 0. The van der Waals surface area contributed by atoms with E-state index < -0.39 is 65.6 Å². The van der Waals surface area contributed by atoms with Crippen molar-refractivity contribution in [3.8, 4) is 11.3 Å². The Morgan fingerprint density at radius 3 is 1.95 bits per heavy atom. The number of ether oxygens (including phenoxy) is 1. The zero-order valence-corrected chi connectivity index (χ0v) is 22.2. The normalized spacial score (nSPS) is 18.1. The van der Waals surface area contributed by atoms with Crippen molar-refractivity contribution in [2.75, 3.05) is 5.73 Å². The molecule has 0 saturated carbocycles. The van der Waals surface area contributed by atoms with Crippen molar-refractivity contribution < 1.29 is 49.0 Å². The average Bonchev–Trinajstić information content (AvgIpc) is 3.15. The highest BCUT2D eigenvalue weighted by atomic mass is 19.4. The summed E-state index contributed by atoms with van der Waals surface area (Å²) >= 11 is 0. The molecule has 1 aliphatic heterocycles. The summed E-state index contributed by atoms with van der Waals surface area (Å²) in [5.41, 5.74) is 2.26. The fraction of sp³-hybridized carbons (Fsp3) is 0.357. The minimum atomic E-state index is -5.13. The minimum Gasteiger partial charge on any atom is -0.439 e. The molecule has 4 rings (SSSR count). The van der Waals surface area contributed by atoms with Crippen LogP contribution in [0.3, 0.4) is 0 Å². The molecule has 1 amide bonds. The summed E-state index contributed by atoms with van der Waals surface area (Å²) in [5.74, 6) is -0.0642. The molecule has 42 heavy (non-hydrogen) atoms. The van der Waals surface area contributed by atoms with Crippen LogP contribution in [-0.4, -0.2) is 22.0 Å². The van der Waals surface area contributed by atoms with Gasteiger partial charge in [-0.2, -0.15) is 39.5 Å². The molecule has 0 radical (unpaired) electrons. The van der Waals surface area contributed by atoms with Crippen LogP contribution in [0.2, 0.25) is 0 Å². The van der Waals surface area contributed by atoms with Crippen molar-refractivity contribution in [2.45, 2.75) is 63.9 Å². The Hall–Kier alpha value is -3.97. The summed E-state index contributed by atoms with van der Waals surface area (Å²) < 4.78 is 127. The predicted octanol–water partition coefficient (Wildman–Crippen LogP) is 8.59. The van der Waals surface area contributed by atoms with Crippen LogP contribution in [0.4, 0.5) is 50.0 Å². The van der Waals surface area contributed by atoms with Gasteiger partial charge in [-0.3, -0.25) is 9.88 Å². The van der Waals surface area contributed by atoms with E-state index in [1.165, 1.54) is 13.0 Å². The smallest absolute Gasteiger partial charge is 0.416 e. The van der Waals surface area contributed by atoms with E-state index in [1.54, 1.807) is 6.07 Å². The number of alkyl halides is 9. The average molecular weight is 606 g/mol. The summed E-state index contributed by atoms with van der Waals surface area (Å²) in [6.45, 7) is 4.46. The fourth-order valence-corrected chi connectivity index (χ4v) is 4.64. The standard InChI is InChI=1S/C28H24F9N3O2/c1-13(2)22-7-6-21(38)23(39-22)20-5-4-17(26(29,30)31)10-16(20)12-40-14(3)24(42-25(40)41)15-8-18(27(32,33)34)11-19(9-15)28(35,36)37/h4-11,13-14,24H,12,38H2,1-3H3/t14-,24-/m0/s1. The second-order valence-corrected chi connectivity index (χ2v) is 10.2. The summed E-state index contributed by atoms with van der Waals surface area (Å²) in [4.78, 5) is 18.3. The first kappa shape index (κ1) is 31.0. The number of hydrogen-bond donors (Lipinski definition) is 1. The maximum Gasteiger partial charge on any atom is 0.416 e. The highest BCUT2D eigenvalue weighted by Gasteiger charge is 2.43. The topological polar surface area (TPSA) is 68.5 Å². The van der Waals surface area contributed by atoms with Crippen LogP contribution in [-0.2, 0) is 29.8 Å². The van der Waals surface area contributed by atoms with Gasteiger partial charge in [-0.1, -0.05) is 19.9 Å². The number of pyridine rings is 1. The molecule has 0 bridgehead atoms. The maximum atomic E-state index is 13.6. The van der Waals surface area contributed by atoms with Gasteiger partial charge in [0.2, 0.25) is 0 Å². The number of halogens is 9. The molecule has 1 aromatic heterocycles. The molecule has 5 nitrogen and oxygen atoms in total.